The Morgan fingerprint density at radius 3 is 2.19 bits per heavy atom. The fraction of sp³-hybridized carbons (Fsp3) is 0.941. The van der Waals surface area contributed by atoms with Crippen LogP contribution in [0.5, 0.6) is 0 Å². The van der Waals surface area contributed by atoms with E-state index in [9.17, 15) is 5.26 Å². The first-order chi connectivity index (χ1) is 9.67. The number of nitrogens with zero attached hydrogens (tertiary/aromatic N) is 2. The van der Waals surface area contributed by atoms with Gasteiger partial charge >= 0.3 is 0 Å². The lowest BCUT2D eigenvalue weighted by Crippen LogP contribution is -2.57. The summed E-state index contributed by atoms with van der Waals surface area (Å²) >= 11 is 0. The predicted octanol–water partition coefficient (Wildman–Crippen LogP) is 2.94. The second-order valence-corrected chi connectivity index (χ2v) is 7.51. The summed E-state index contributed by atoms with van der Waals surface area (Å²) in [6.45, 7) is 16.6. The molecular formula is C17H33N3O. The van der Waals surface area contributed by atoms with Crippen molar-refractivity contribution in [3.8, 4) is 6.07 Å². The zero-order chi connectivity index (χ0) is 16.1. The molecular weight excluding hydrogens is 262 g/mol. The van der Waals surface area contributed by atoms with E-state index in [0.717, 1.165) is 45.4 Å². The summed E-state index contributed by atoms with van der Waals surface area (Å²) < 4.78 is 6.11. The quantitative estimate of drug-likeness (QED) is 0.784. The number of nitrogens with one attached hydrogen (secondary N) is 1. The van der Waals surface area contributed by atoms with Gasteiger partial charge in [0.05, 0.1) is 17.3 Å². The highest BCUT2D eigenvalue weighted by molar-refractivity contribution is 5.06. The number of rotatable bonds is 7. The second kappa shape index (κ2) is 7.09. The van der Waals surface area contributed by atoms with Crippen LogP contribution in [0.15, 0.2) is 0 Å². The fourth-order valence-corrected chi connectivity index (χ4v) is 3.61. The molecule has 0 bridgehead atoms. The predicted molar refractivity (Wildman–Crippen MR) is 87.2 cm³/mol. The van der Waals surface area contributed by atoms with Crippen molar-refractivity contribution in [1.82, 2.24) is 10.2 Å². The molecule has 1 aliphatic heterocycles. The van der Waals surface area contributed by atoms with Gasteiger partial charge in [0.15, 0.2) is 0 Å². The molecule has 4 nitrogen and oxygen atoms in total. The van der Waals surface area contributed by atoms with Gasteiger partial charge in [0.1, 0.15) is 5.54 Å². The molecule has 122 valence electrons. The van der Waals surface area contributed by atoms with Gasteiger partial charge in [-0.1, -0.05) is 13.8 Å². The minimum Gasteiger partial charge on any atom is -0.367 e. The van der Waals surface area contributed by atoms with Gasteiger partial charge in [-0.25, -0.2) is 0 Å². The van der Waals surface area contributed by atoms with Crippen LogP contribution in [0.4, 0.5) is 0 Å². The van der Waals surface area contributed by atoms with E-state index in [1.807, 2.05) is 0 Å². The SMILES string of the molecule is CCNC(C#N)(CC)CCCN1CC(C)(C)OC(C)(C)C1. The van der Waals surface area contributed by atoms with Crippen molar-refractivity contribution in [3.63, 3.8) is 0 Å². The average molecular weight is 295 g/mol. The number of hydrogen-bond donors (Lipinski definition) is 1. The van der Waals surface area contributed by atoms with E-state index in [1.165, 1.54) is 0 Å². The first-order valence-electron chi connectivity index (χ1n) is 8.26. The smallest absolute Gasteiger partial charge is 0.106 e. The Kier molecular flexibility index (Phi) is 6.22. The first-order valence-corrected chi connectivity index (χ1v) is 8.26. The summed E-state index contributed by atoms with van der Waals surface area (Å²) in [5.74, 6) is 0. The molecule has 1 unspecified atom stereocenters. The van der Waals surface area contributed by atoms with Crippen LogP contribution in [0, 0.1) is 11.3 Å². The van der Waals surface area contributed by atoms with Crippen LogP contribution >= 0.6 is 0 Å². The molecule has 0 radical (unpaired) electrons. The third-order valence-corrected chi connectivity index (χ3v) is 4.17. The number of nitriles is 1. The Morgan fingerprint density at radius 1 is 1.19 bits per heavy atom. The van der Waals surface area contributed by atoms with Gasteiger partial charge in [-0.05, 0) is 60.0 Å². The molecule has 1 rings (SSSR count). The van der Waals surface area contributed by atoms with E-state index in [-0.39, 0.29) is 16.7 Å². The van der Waals surface area contributed by atoms with Gasteiger partial charge in [-0.15, -0.1) is 0 Å². The van der Waals surface area contributed by atoms with Gasteiger partial charge in [-0.2, -0.15) is 5.26 Å². The van der Waals surface area contributed by atoms with Crippen molar-refractivity contribution >= 4 is 0 Å². The van der Waals surface area contributed by atoms with E-state index >= 15 is 0 Å². The molecule has 1 aliphatic rings. The van der Waals surface area contributed by atoms with Gasteiger partial charge < -0.3 is 4.74 Å². The normalized spacial score (nSPS) is 24.2. The molecule has 0 aliphatic carbocycles. The second-order valence-electron chi connectivity index (χ2n) is 7.51. The third-order valence-electron chi connectivity index (χ3n) is 4.17. The van der Waals surface area contributed by atoms with E-state index in [1.54, 1.807) is 0 Å². The van der Waals surface area contributed by atoms with Crippen LogP contribution in [0.2, 0.25) is 0 Å². The summed E-state index contributed by atoms with van der Waals surface area (Å²) in [7, 11) is 0. The van der Waals surface area contributed by atoms with Gasteiger partial charge in [0, 0.05) is 13.1 Å². The van der Waals surface area contributed by atoms with Crippen molar-refractivity contribution in [2.75, 3.05) is 26.2 Å². The van der Waals surface area contributed by atoms with Crippen molar-refractivity contribution in [3.05, 3.63) is 0 Å². The molecule has 21 heavy (non-hydrogen) atoms. The number of morpholine rings is 1. The van der Waals surface area contributed by atoms with Crippen LogP contribution in [0.3, 0.4) is 0 Å². The summed E-state index contributed by atoms with van der Waals surface area (Å²) in [5, 5.41) is 12.8. The Balaban J connectivity index is 2.53. The van der Waals surface area contributed by atoms with Crippen LogP contribution in [0.25, 0.3) is 0 Å². The Hall–Kier alpha value is -0.630. The molecule has 1 N–H and O–H groups in total. The minimum atomic E-state index is -0.355. The molecule has 0 aromatic carbocycles. The lowest BCUT2D eigenvalue weighted by molar-refractivity contribution is -0.180. The van der Waals surface area contributed by atoms with Crippen LogP contribution < -0.4 is 5.32 Å². The molecule has 1 atom stereocenters. The molecule has 0 saturated carbocycles. The Bertz CT molecular complexity index is 357. The number of ether oxygens (including phenoxy) is 1. The van der Waals surface area contributed by atoms with Gasteiger partial charge in [0.2, 0.25) is 0 Å². The van der Waals surface area contributed by atoms with Crippen molar-refractivity contribution in [1.29, 1.82) is 5.26 Å². The van der Waals surface area contributed by atoms with E-state index in [4.69, 9.17) is 4.74 Å². The monoisotopic (exact) mass is 295 g/mol. The highest BCUT2D eigenvalue weighted by atomic mass is 16.5. The maximum absolute atomic E-state index is 9.46. The average Bonchev–Trinajstić information content (AvgIpc) is 2.34. The van der Waals surface area contributed by atoms with E-state index in [0.29, 0.717) is 0 Å². The van der Waals surface area contributed by atoms with Gasteiger partial charge in [0.25, 0.3) is 0 Å². The topological polar surface area (TPSA) is 48.3 Å². The zero-order valence-corrected chi connectivity index (χ0v) is 14.8. The molecule has 0 aromatic rings. The summed E-state index contributed by atoms with van der Waals surface area (Å²) in [6.07, 6.45) is 2.81. The summed E-state index contributed by atoms with van der Waals surface area (Å²) in [6, 6.07) is 2.48. The molecule has 0 amide bonds. The lowest BCUT2D eigenvalue weighted by atomic mass is 9.91. The number of hydrogen-bond acceptors (Lipinski definition) is 4. The standard InChI is InChI=1S/C17H33N3O/c1-7-17(12-18,19-8-2)10-9-11-20-13-15(3,4)21-16(5,6)14-20/h19H,7-11,13-14H2,1-6H3. The molecule has 1 fully saturated rings. The first kappa shape index (κ1) is 18.4. The summed E-state index contributed by atoms with van der Waals surface area (Å²) in [5.41, 5.74) is -0.549. The minimum absolute atomic E-state index is 0.0967. The lowest BCUT2D eigenvalue weighted by Gasteiger charge is -2.47. The zero-order valence-electron chi connectivity index (χ0n) is 14.8. The summed E-state index contributed by atoms with van der Waals surface area (Å²) in [4.78, 5) is 2.48. The molecule has 1 heterocycles. The molecule has 1 saturated heterocycles. The molecule has 0 aromatic heterocycles. The van der Waals surface area contributed by atoms with Crippen molar-refractivity contribution in [2.45, 2.75) is 77.5 Å². The van der Waals surface area contributed by atoms with Crippen molar-refractivity contribution in [2.24, 2.45) is 0 Å². The third kappa shape index (κ3) is 5.58. The maximum Gasteiger partial charge on any atom is 0.106 e. The van der Waals surface area contributed by atoms with Crippen LogP contribution in [-0.2, 0) is 4.74 Å². The fourth-order valence-electron chi connectivity index (χ4n) is 3.61. The molecule has 0 spiro atoms. The van der Waals surface area contributed by atoms with Crippen molar-refractivity contribution < 1.29 is 4.74 Å². The van der Waals surface area contributed by atoms with Crippen LogP contribution in [-0.4, -0.2) is 47.8 Å². The highest BCUT2D eigenvalue weighted by Gasteiger charge is 2.38. The Morgan fingerprint density at radius 2 is 1.76 bits per heavy atom. The van der Waals surface area contributed by atoms with E-state index in [2.05, 4.69) is 57.8 Å². The van der Waals surface area contributed by atoms with E-state index < -0.39 is 0 Å². The van der Waals surface area contributed by atoms with Gasteiger partial charge in [-0.3, -0.25) is 10.2 Å². The maximum atomic E-state index is 9.46. The molecule has 4 heteroatoms. The largest absolute Gasteiger partial charge is 0.367 e. The van der Waals surface area contributed by atoms with Crippen LogP contribution in [0.1, 0.15) is 60.8 Å². The highest BCUT2D eigenvalue weighted by Crippen LogP contribution is 2.28. The Labute approximate surface area is 130 Å².